The summed E-state index contributed by atoms with van der Waals surface area (Å²) in [6.45, 7) is 9.11. The first-order valence-electron chi connectivity index (χ1n) is 7.81. The molecule has 2 aliphatic rings. The summed E-state index contributed by atoms with van der Waals surface area (Å²) in [6.07, 6.45) is 4.50. The van der Waals surface area contributed by atoms with E-state index >= 15 is 0 Å². The van der Waals surface area contributed by atoms with Gasteiger partial charge in [0.15, 0.2) is 0 Å². The fourth-order valence-corrected chi connectivity index (χ4v) is 3.08. The van der Waals surface area contributed by atoms with E-state index in [1.807, 2.05) is 0 Å². The SMILES string of the molecule is CCC(C)C1NC(CC)N(CCC2CCOC2)C1=O. The van der Waals surface area contributed by atoms with E-state index < -0.39 is 0 Å². The maximum Gasteiger partial charge on any atom is 0.241 e. The van der Waals surface area contributed by atoms with Crippen LogP contribution in [0.4, 0.5) is 0 Å². The number of hydrogen-bond acceptors (Lipinski definition) is 3. The Hall–Kier alpha value is -0.610. The van der Waals surface area contributed by atoms with Crippen LogP contribution in [-0.4, -0.2) is 42.8 Å². The molecule has 0 aromatic carbocycles. The fraction of sp³-hybridized carbons (Fsp3) is 0.933. The Balaban J connectivity index is 1.91. The summed E-state index contributed by atoms with van der Waals surface area (Å²) in [4.78, 5) is 14.6. The zero-order chi connectivity index (χ0) is 13.8. The van der Waals surface area contributed by atoms with Crippen molar-refractivity contribution in [2.45, 2.75) is 58.7 Å². The summed E-state index contributed by atoms with van der Waals surface area (Å²) in [6, 6.07) is 0.0229. The van der Waals surface area contributed by atoms with E-state index in [0.717, 1.165) is 45.4 Å². The minimum Gasteiger partial charge on any atom is -0.381 e. The van der Waals surface area contributed by atoms with Crippen molar-refractivity contribution in [1.29, 1.82) is 0 Å². The molecule has 4 unspecified atom stereocenters. The fourth-order valence-electron chi connectivity index (χ4n) is 3.08. The molecule has 0 aromatic heterocycles. The van der Waals surface area contributed by atoms with E-state index in [2.05, 4.69) is 31.0 Å². The van der Waals surface area contributed by atoms with E-state index in [4.69, 9.17) is 4.74 Å². The van der Waals surface area contributed by atoms with E-state index in [-0.39, 0.29) is 12.2 Å². The first-order valence-corrected chi connectivity index (χ1v) is 7.81. The zero-order valence-corrected chi connectivity index (χ0v) is 12.5. The lowest BCUT2D eigenvalue weighted by molar-refractivity contribution is -0.131. The van der Waals surface area contributed by atoms with Gasteiger partial charge in [-0.2, -0.15) is 0 Å². The van der Waals surface area contributed by atoms with Crippen molar-refractivity contribution in [2.24, 2.45) is 11.8 Å². The number of rotatable bonds is 6. The molecule has 0 bridgehead atoms. The molecule has 19 heavy (non-hydrogen) atoms. The average molecular weight is 268 g/mol. The molecule has 0 spiro atoms. The highest BCUT2D eigenvalue weighted by molar-refractivity contribution is 5.84. The lowest BCUT2D eigenvalue weighted by Gasteiger charge is -2.24. The Kier molecular flexibility index (Phi) is 5.22. The topological polar surface area (TPSA) is 41.6 Å². The van der Waals surface area contributed by atoms with Crippen molar-refractivity contribution in [3.05, 3.63) is 0 Å². The molecule has 110 valence electrons. The molecule has 2 fully saturated rings. The van der Waals surface area contributed by atoms with Gasteiger partial charge in [0.25, 0.3) is 0 Å². The van der Waals surface area contributed by atoms with Gasteiger partial charge in [0.1, 0.15) is 0 Å². The monoisotopic (exact) mass is 268 g/mol. The second kappa shape index (κ2) is 6.71. The summed E-state index contributed by atoms with van der Waals surface area (Å²) in [5, 5.41) is 3.51. The minimum atomic E-state index is 0.0229. The predicted octanol–water partition coefficient (Wildman–Crippen LogP) is 2.00. The summed E-state index contributed by atoms with van der Waals surface area (Å²) in [5.74, 6) is 1.37. The molecule has 4 nitrogen and oxygen atoms in total. The number of amides is 1. The molecular formula is C15H28N2O2. The Morgan fingerprint density at radius 3 is 2.84 bits per heavy atom. The average Bonchev–Trinajstić information content (AvgIpc) is 3.03. The third kappa shape index (κ3) is 3.29. The Morgan fingerprint density at radius 2 is 2.26 bits per heavy atom. The van der Waals surface area contributed by atoms with E-state index in [9.17, 15) is 4.79 Å². The molecule has 1 amide bonds. The highest BCUT2D eigenvalue weighted by atomic mass is 16.5. The van der Waals surface area contributed by atoms with Crippen LogP contribution in [-0.2, 0) is 9.53 Å². The molecule has 2 heterocycles. The highest BCUT2D eigenvalue weighted by Crippen LogP contribution is 2.23. The summed E-state index contributed by atoms with van der Waals surface area (Å²) in [7, 11) is 0. The van der Waals surface area contributed by atoms with Crippen LogP contribution >= 0.6 is 0 Å². The van der Waals surface area contributed by atoms with Gasteiger partial charge < -0.3 is 9.64 Å². The van der Waals surface area contributed by atoms with Crippen molar-refractivity contribution in [3.63, 3.8) is 0 Å². The van der Waals surface area contributed by atoms with Crippen molar-refractivity contribution in [3.8, 4) is 0 Å². The van der Waals surface area contributed by atoms with Crippen LogP contribution in [0.2, 0.25) is 0 Å². The molecule has 2 aliphatic heterocycles. The smallest absolute Gasteiger partial charge is 0.241 e. The van der Waals surface area contributed by atoms with Crippen LogP contribution in [0.25, 0.3) is 0 Å². The van der Waals surface area contributed by atoms with Gasteiger partial charge in [-0.05, 0) is 31.1 Å². The number of nitrogens with one attached hydrogen (secondary N) is 1. The van der Waals surface area contributed by atoms with E-state index in [1.165, 1.54) is 0 Å². The number of carbonyl (C=O) groups excluding carboxylic acids is 1. The van der Waals surface area contributed by atoms with Crippen molar-refractivity contribution < 1.29 is 9.53 Å². The van der Waals surface area contributed by atoms with Gasteiger partial charge in [0, 0.05) is 19.8 Å². The van der Waals surface area contributed by atoms with Gasteiger partial charge in [-0.3, -0.25) is 10.1 Å². The maximum absolute atomic E-state index is 12.5. The second-order valence-electron chi connectivity index (χ2n) is 6.00. The molecule has 2 rings (SSSR count). The normalized spacial score (nSPS) is 33.1. The van der Waals surface area contributed by atoms with Crippen LogP contribution in [0, 0.1) is 11.8 Å². The minimum absolute atomic E-state index is 0.0229. The van der Waals surface area contributed by atoms with Crippen LogP contribution < -0.4 is 5.32 Å². The molecule has 0 aliphatic carbocycles. The van der Waals surface area contributed by atoms with Crippen molar-refractivity contribution in [2.75, 3.05) is 19.8 Å². The number of hydrogen-bond donors (Lipinski definition) is 1. The second-order valence-corrected chi connectivity index (χ2v) is 6.00. The molecule has 4 atom stereocenters. The molecule has 2 saturated heterocycles. The van der Waals surface area contributed by atoms with Crippen molar-refractivity contribution >= 4 is 5.91 Å². The molecule has 1 N–H and O–H groups in total. The van der Waals surface area contributed by atoms with Crippen molar-refractivity contribution in [1.82, 2.24) is 10.2 Å². The van der Waals surface area contributed by atoms with E-state index in [0.29, 0.717) is 17.7 Å². The van der Waals surface area contributed by atoms with Crippen LogP contribution in [0.1, 0.15) is 46.5 Å². The van der Waals surface area contributed by atoms with Gasteiger partial charge in [-0.25, -0.2) is 0 Å². The van der Waals surface area contributed by atoms with Crippen LogP contribution in [0.15, 0.2) is 0 Å². The van der Waals surface area contributed by atoms with Gasteiger partial charge in [-0.15, -0.1) is 0 Å². The van der Waals surface area contributed by atoms with Gasteiger partial charge >= 0.3 is 0 Å². The van der Waals surface area contributed by atoms with Crippen LogP contribution in [0.5, 0.6) is 0 Å². The Bertz CT molecular complexity index is 303. The first kappa shape index (κ1) is 14.8. The lowest BCUT2D eigenvalue weighted by Crippen LogP contribution is -2.38. The van der Waals surface area contributed by atoms with E-state index in [1.54, 1.807) is 0 Å². The predicted molar refractivity (Wildman–Crippen MR) is 75.7 cm³/mol. The standard InChI is InChI=1S/C15H28N2O2/c1-4-11(3)14-15(18)17(13(5-2)16-14)8-6-12-7-9-19-10-12/h11-14,16H,4-10H2,1-3H3. The number of nitrogens with zero attached hydrogens (tertiary/aromatic N) is 1. The lowest BCUT2D eigenvalue weighted by atomic mass is 9.99. The summed E-state index contributed by atoms with van der Waals surface area (Å²) >= 11 is 0. The number of ether oxygens (including phenoxy) is 1. The highest BCUT2D eigenvalue weighted by Gasteiger charge is 2.39. The summed E-state index contributed by atoms with van der Waals surface area (Å²) in [5.41, 5.74) is 0. The largest absolute Gasteiger partial charge is 0.381 e. The zero-order valence-electron chi connectivity index (χ0n) is 12.5. The molecule has 0 aromatic rings. The van der Waals surface area contributed by atoms with Gasteiger partial charge in [0.2, 0.25) is 5.91 Å². The van der Waals surface area contributed by atoms with Gasteiger partial charge in [0.05, 0.1) is 12.2 Å². The maximum atomic E-state index is 12.5. The third-order valence-electron chi connectivity index (χ3n) is 4.70. The van der Waals surface area contributed by atoms with Gasteiger partial charge in [-0.1, -0.05) is 27.2 Å². The molecule has 0 saturated carbocycles. The third-order valence-corrected chi connectivity index (χ3v) is 4.70. The Labute approximate surface area is 116 Å². The molecule has 0 radical (unpaired) electrons. The number of carbonyl (C=O) groups is 1. The summed E-state index contributed by atoms with van der Waals surface area (Å²) < 4.78 is 5.41. The quantitative estimate of drug-likeness (QED) is 0.801. The molecule has 4 heteroatoms. The Morgan fingerprint density at radius 1 is 1.47 bits per heavy atom. The first-order chi connectivity index (χ1) is 9.17. The van der Waals surface area contributed by atoms with Crippen LogP contribution in [0.3, 0.4) is 0 Å². The molecular weight excluding hydrogens is 240 g/mol.